The molecule has 2 unspecified atom stereocenters. The van der Waals surface area contributed by atoms with Gasteiger partial charge in [-0.3, -0.25) is 19.1 Å². The summed E-state index contributed by atoms with van der Waals surface area (Å²) in [6, 6.07) is 4.04. The van der Waals surface area contributed by atoms with E-state index in [2.05, 4.69) is 15.7 Å². The summed E-state index contributed by atoms with van der Waals surface area (Å²) in [6.45, 7) is 3.25. The summed E-state index contributed by atoms with van der Waals surface area (Å²) in [4.78, 5) is 36.5. The normalized spacial score (nSPS) is 14.7. The van der Waals surface area contributed by atoms with E-state index in [1.54, 1.807) is 35.2 Å². The van der Waals surface area contributed by atoms with Crippen LogP contribution in [0.25, 0.3) is 6.08 Å². The lowest BCUT2D eigenvalue weighted by Gasteiger charge is -2.19. The van der Waals surface area contributed by atoms with E-state index in [1.165, 1.54) is 20.1 Å². The van der Waals surface area contributed by atoms with Crippen LogP contribution in [0.1, 0.15) is 31.4 Å². The van der Waals surface area contributed by atoms with Crippen molar-refractivity contribution in [2.24, 2.45) is 18.9 Å². The van der Waals surface area contributed by atoms with Crippen molar-refractivity contribution in [2.75, 3.05) is 13.7 Å². The Morgan fingerprint density at radius 2 is 2.00 bits per heavy atom. The van der Waals surface area contributed by atoms with Gasteiger partial charge in [0.15, 0.2) is 0 Å². The first-order valence-corrected chi connectivity index (χ1v) is 12.5. The van der Waals surface area contributed by atoms with Crippen LogP contribution in [-0.4, -0.2) is 63.6 Å². The fourth-order valence-electron chi connectivity index (χ4n) is 3.41. The van der Waals surface area contributed by atoms with Gasteiger partial charge in [0.1, 0.15) is 11.8 Å². The maximum absolute atomic E-state index is 12.8. The Labute approximate surface area is 227 Å². The van der Waals surface area contributed by atoms with Crippen LogP contribution in [0.4, 0.5) is 0 Å². The molecule has 0 fully saturated rings. The smallest absolute Gasteiger partial charge is 0.308 e. The number of aliphatic carboxylic acids is 1. The summed E-state index contributed by atoms with van der Waals surface area (Å²) in [6.07, 6.45) is 9.75. The van der Waals surface area contributed by atoms with Crippen LogP contribution in [0.15, 0.2) is 48.8 Å². The Morgan fingerprint density at radius 3 is 2.61 bits per heavy atom. The number of benzene rings is 1. The molecule has 1 aromatic carbocycles. The molecule has 2 amide bonds. The number of halogens is 1. The van der Waals surface area contributed by atoms with Crippen molar-refractivity contribution in [1.29, 1.82) is 0 Å². The average molecular weight is 547 g/mol. The zero-order valence-corrected chi connectivity index (χ0v) is 22.7. The summed E-state index contributed by atoms with van der Waals surface area (Å²) in [5.74, 6) is -2.58. The van der Waals surface area contributed by atoms with Crippen LogP contribution in [-0.2, 0) is 27.9 Å². The fraction of sp³-hybridized carbons (Fsp3) is 0.407. The van der Waals surface area contributed by atoms with E-state index in [4.69, 9.17) is 21.4 Å². The number of carbonyl (C=O) groups excluding carboxylic acids is 2. The second-order valence-corrected chi connectivity index (χ2v) is 9.50. The third kappa shape index (κ3) is 10.0. The zero-order valence-electron chi connectivity index (χ0n) is 21.9. The molecule has 0 spiro atoms. The number of carboxylic acids is 1. The van der Waals surface area contributed by atoms with Crippen LogP contribution in [0.3, 0.4) is 0 Å². The van der Waals surface area contributed by atoms with Gasteiger partial charge >= 0.3 is 5.97 Å². The quantitative estimate of drug-likeness (QED) is 0.267. The molecule has 4 N–H and O–H groups in total. The van der Waals surface area contributed by atoms with E-state index in [1.807, 2.05) is 32.3 Å². The number of hydrogen-bond donors (Lipinski definition) is 4. The van der Waals surface area contributed by atoms with Crippen molar-refractivity contribution in [3.8, 4) is 5.75 Å². The number of rotatable bonds is 14. The number of methoxy groups -OCH3 is 1. The number of aliphatic hydroxyl groups is 1. The first-order valence-electron chi connectivity index (χ1n) is 12.1. The second-order valence-electron chi connectivity index (χ2n) is 9.09. The number of hydrogen-bond acceptors (Lipinski definition) is 6. The van der Waals surface area contributed by atoms with Gasteiger partial charge in [0, 0.05) is 37.7 Å². The topological polar surface area (TPSA) is 143 Å². The van der Waals surface area contributed by atoms with Crippen molar-refractivity contribution in [3.05, 3.63) is 65.0 Å². The van der Waals surface area contributed by atoms with Gasteiger partial charge in [-0.1, -0.05) is 49.7 Å². The number of aromatic nitrogens is 2. The second kappa shape index (κ2) is 14.9. The van der Waals surface area contributed by atoms with Crippen LogP contribution in [0.2, 0.25) is 5.02 Å². The number of aliphatic hydroxyl groups excluding tert-OH is 1. The van der Waals surface area contributed by atoms with Crippen molar-refractivity contribution in [1.82, 2.24) is 20.4 Å². The lowest BCUT2D eigenvalue weighted by molar-refractivity contribution is -0.141. The van der Waals surface area contributed by atoms with Crippen LogP contribution < -0.4 is 15.4 Å². The average Bonchev–Trinajstić information content (AvgIpc) is 3.30. The van der Waals surface area contributed by atoms with Gasteiger partial charge in [0.05, 0.1) is 30.4 Å². The van der Waals surface area contributed by atoms with Gasteiger partial charge in [-0.15, -0.1) is 0 Å². The van der Waals surface area contributed by atoms with Crippen molar-refractivity contribution < 1.29 is 29.3 Å². The molecule has 206 valence electrons. The molecular formula is C27H35ClN4O6. The molecule has 1 heterocycles. The van der Waals surface area contributed by atoms with E-state index in [0.29, 0.717) is 16.3 Å². The lowest BCUT2D eigenvalue weighted by atomic mass is 10.0. The van der Waals surface area contributed by atoms with Gasteiger partial charge in [0.2, 0.25) is 11.8 Å². The van der Waals surface area contributed by atoms with Gasteiger partial charge in [0.25, 0.3) is 0 Å². The molecule has 0 aliphatic carbocycles. The highest BCUT2D eigenvalue weighted by atomic mass is 35.5. The molecule has 10 nitrogen and oxygen atoms in total. The number of nitrogens with zero attached hydrogens (tertiary/aromatic N) is 2. The molecular weight excluding hydrogens is 512 g/mol. The summed E-state index contributed by atoms with van der Waals surface area (Å²) >= 11 is 6.20. The minimum Gasteiger partial charge on any atom is -0.495 e. The Balaban J connectivity index is 2.01. The highest BCUT2D eigenvalue weighted by Crippen LogP contribution is 2.25. The van der Waals surface area contributed by atoms with E-state index in [9.17, 15) is 19.5 Å². The summed E-state index contributed by atoms with van der Waals surface area (Å²) in [5.41, 5.74) is 1.60. The predicted octanol–water partition coefficient (Wildman–Crippen LogP) is 2.60. The zero-order chi connectivity index (χ0) is 28.2. The van der Waals surface area contributed by atoms with Crippen LogP contribution in [0.5, 0.6) is 5.75 Å². The molecule has 0 saturated carbocycles. The molecule has 0 saturated heterocycles. The predicted molar refractivity (Wildman–Crippen MR) is 145 cm³/mol. The van der Waals surface area contributed by atoms with Gasteiger partial charge in [-0.05, 0) is 30.2 Å². The van der Waals surface area contributed by atoms with Crippen molar-refractivity contribution in [3.63, 3.8) is 0 Å². The number of nitrogens with one attached hydrogen (secondary N) is 2. The SMILES string of the molecule is COc1ccc(CC(NC(=O)/C=C/C[C@H](O)[C@H](C)/C=C/c2cnn(C)c2)C(=O)NCC(C)C(=O)O)cc1Cl. The summed E-state index contributed by atoms with van der Waals surface area (Å²) < 4.78 is 6.84. The summed E-state index contributed by atoms with van der Waals surface area (Å²) in [5, 5.41) is 29.2. The highest BCUT2D eigenvalue weighted by molar-refractivity contribution is 6.32. The standard InChI is InChI=1S/C27H35ClN4O6/c1-17(8-9-20-15-30-32(3)16-20)23(33)6-5-7-25(34)31-22(26(35)29-14-18(2)27(36)37)13-19-10-11-24(38-4)21(28)12-19/h5,7-12,15-18,22-23,33H,6,13-14H2,1-4H3,(H,29,35)(H,31,34)(H,36,37)/b7-5+,9-8+/t17-,18?,22?,23+/m1/s1. The van der Waals surface area contributed by atoms with Gasteiger partial charge in [-0.2, -0.15) is 5.10 Å². The minimum atomic E-state index is -1.04. The van der Waals surface area contributed by atoms with E-state index >= 15 is 0 Å². The molecule has 1 aromatic heterocycles. The van der Waals surface area contributed by atoms with Gasteiger partial charge in [-0.25, -0.2) is 0 Å². The van der Waals surface area contributed by atoms with E-state index in [0.717, 1.165) is 5.56 Å². The Morgan fingerprint density at radius 1 is 1.26 bits per heavy atom. The monoisotopic (exact) mass is 546 g/mol. The molecule has 2 rings (SSSR count). The Kier molecular flexibility index (Phi) is 12.0. The van der Waals surface area contributed by atoms with Crippen molar-refractivity contribution in [2.45, 2.75) is 38.8 Å². The molecule has 0 aliphatic rings. The third-order valence-corrected chi connectivity index (χ3v) is 6.16. The maximum atomic E-state index is 12.8. The lowest BCUT2D eigenvalue weighted by Crippen LogP contribution is -2.48. The Bertz CT molecular complexity index is 1160. The van der Waals surface area contributed by atoms with Crippen LogP contribution in [0, 0.1) is 11.8 Å². The summed E-state index contributed by atoms with van der Waals surface area (Å²) in [7, 11) is 3.31. The number of aryl methyl sites for hydroxylation is 1. The molecule has 2 aromatic rings. The van der Waals surface area contributed by atoms with E-state index < -0.39 is 35.8 Å². The number of carbonyl (C=O) groups is 3. The van der Waals surface area contributed by atoms with Crippen LogP contribution >= 0.6 is 11.6 Å². The first-order chi connectivity index (χ1) is 18.0. The molecule has 0 radical (unpaired) electrons. The van der Waals surface area contributed by atoms with Crippen molar-refractivity contribution >= 4 is 35.5 Å². The molecule has 11 heteroatoms. The van der Waals surface area contributed by atoms with Gasteiger partial charge < -0.3 is 25.6 Å². The minimum absolute atomic E-state index is 0.0869. The highest BCUT2D eigenvalue weighted by Gasteiger charge is 2.22. The maximum Gasteiger partial charge on any atom is 0.308 e. The largest absolute Gasteiger partial charge is 0.495 e. The molecule has 0 aliphatic heterocycles. The number of ether oxygens (including phenoxy) is 1. The number of amides is 2. The molecule has 4 atom stereocenters. The number of carboxylic acid groups (broad SMARTS) is 1. The third-order valence-electron chi connectivity index (χ3n) is 5.86. The fourth-order valence-corrected chi connectivity index (χ4v) is 3.69. The molecule has 38 heavy (non-hydrogen) atoms. The molecule has 0 bridgehead atoms. The van der Waals surface area contributed by atoms with E-state index in [-0.39, 0.29) is 25.3 Å². The Hall–Kier alpha value is -3.63. The first kappa shape index (κ1) is 30.6.